The van der Waals surface area contributed by atoms with Crippen molar-refractivity contribution in [1.29, 1.82) is 0 Å². The maximum atomic E-state index is 14.1. The van der Waals surface area contributed by atoms with Crippen LogP contribution in [0.25, 0.3) is 0 Å². The smallest absolute Gasteiger partial charge is 0.132 e. The second-order valence-electron chi connectivity index (χ2n) is 4.12. The zero-order valence-electron chi connectivity index (χ0n) is 10.7. The van der Waals surface area contributed by atoms with Gasteiger partial charge in [0.25, 0.3) is 0 Å². The number of methoxy groups -OCH3 is 1. The summed E-state index contributed by atoms with van der Waals surface area (Å²) < 4.78 is 32.9. The first-order valence-electron chi connectivity index (χ1n) is 5.82. The summed E-state index contributed by atoms with van der Waals surface area (Å²) in [7, 11) is 1.43. The van der Waals surface area contributed by atoms with Crippen LogP contribution >= 0.6 is 11.6 Å². The van der Waals surface area contributed by atoms with E-state index in [4.69, 9.17) is 22.2 Å². The van der Waals surface area contributed by atoms with Crippen LogP contribution in [-0.2, 0) is 0 Å². The predicted octanol–water partition coefficient (Wildman–Crippen LogP) is 3.18. The second-order valence-corrected chi connectivity index (χ2v) is 4.53. The fraction of sp³-hybridized carbons (Fsp3) is 0.143. The molecule has 0 saturated carbocycles. The molecule has 0 bridgehead atoms. The Morgan fingerprint density at radius 1 is 1.20 bits per heavy atom. The zero-order valence-corrected chi connectivity index (χ0v) is 11.4. The topological polar surface area (TPSA) is 47.3 Å². The summed E-state index contributed by atoms with van der Waals surface area (Å²) in [6, 6.07) is 7.58. The lowest BCUT2D eigenvalue weighted by atomic mass is 9.98. The molecule has 0 heterocycles. The van der Waals surface area contributed by atoms with Gasteiger partial charge in [0, 0.05) is 22.2 Å². The second kappa shape index (κ2) is 6.17. The number of hydrazine groups is 1. The van der Waals surface area contributed by atoms with Crippen LogP contribution in [0.4, 0.5) is 8.78 Å². The molecule has 0 aliphatic carbocycles. The molecular formula is C14H13ClF2N2O. The van der Waals surface area contributed by atoms with Gasteiger partial charge >= 0.3 is 0 Å². The summed E-state index contributed by atoms with van der Waals surface area (Å²) in [6.07, 6.45) is 0. The van der Waals surface area contributed by atoms with Crippen molar-refractivity contribution in [2.24, 2.45) is 5.84 Å². The molecule has 2 rings (SSSR count). The minimum absolute atomic E-state index is 0.0979. The Hall–Kier alpha value is -1.69. The van der Waals surface area contributed by atoms with Crippen LogP contribution in [0.5, 0.6) is 5.75 Å². The summed E-state index contributed by atoms with van der Waals surface area (Å²) in [5.41, 5.74) is 2.67. The first-order valence-corrected chi connectivity index (χ1v) is 6.19. The lowest BCUT2D eigenvalue weighted by molar-refractivity contribution is 0.410. The molecule has 0 fully saturated rings. The Morgan fingerprint density at radius 2 is 1.95 bits per heavy atom. The number of halogens is 3. The summed E-state index contributed by atoms with van der Waals surface area (Å²) >= 11 is 5.98. The van der Waals surface area contributed by atoms with Crippen molar-refractivity contribution in [3.63, 3.8) is 0 Å². The third-order valence-electron chi connectivity index (χ3n) is 2.97. The van der Waals surface area contributed by atoms with E-state index in [-0.39, 0.29) is 16.1 Å². The van der Waals surface area contributed by atoms with E-state index in [0.29, 0.717) is 5.75 Å². The fourth-order valence-corrected chi connectivity index (χ4v) is 2.26. The van der Waals surface area contributed by atoms with Gasteiger partial charge in [-0.05, 0) is 18.2 Å². The maximum absolute atomic E-state index is 14.1. The maximum Gasteiger partial charge on any atom is 0.132 e. The number of rotatable bonds is 4. The number of nitrogens with two attached hydrogens (primary N) is 1. The first kappa shape index (κ1) is 14.7. The van der Waals surface area contributed by atoms with Gasteiger partial charge in [-0.25, -0.2) is 14.2 Å². The molecule has 2 aromatic rings. The number of nitrogens with one attached hydrogen (secondary N) is 1. The summed E-state index contributed by atoms with van der Waals surface area (Å²) in [5, 5.41) is 0.170. The molecule has 1 atom stereocenters. The molecule has 3 N–H and O–H groups in total. The van der Waals surface area contributed by atoms with Crippen LogP contribution < -0.4 is 16.0 Å². The van der Waals surface area contributed by atoms with Crippen molar-refractivity contribution in [3.8, 4) is 5.75 Å². The Bertz CT molecular complexity index is 602. The van der Waals surface area contributed by atoms with Crippen molar-refractivity contribution < 1.29 is 13.5 Å². The van der Waals surface area contributed by atoms with Crippen LogP contribution in [-0.4, -0.2) is 7.11 Å². The molecule has 20 heavy (non-hydrogen) atoms. The fourth-order valence-electron chi connectivity index (χ4n) is 1.98. The third kappa shape index (κ3) is 2.75. The number of hydrogen-bond donors (Lipinski definition) is 2. The van der Waals surface area contributed by atoms with Gasteiger partial charge in [-0.3, -0.25) is 5.84 Å². The molecule has 0 saturated heterocycles. The highest BCUT2D eigenvalue weighted by Crippen LogP contribution is 2.32. The van der Waals surface area contributed by atoms with Crippen LogP contribution in [0, 0.1) is 11.6 Å². The molecule has 106 valence electrons. The van der Waals surface area contributed by atoms with Gasteiger partial charge in [-0.2, -0.15) is 0 Å². The lowest BCUT2D eigenvalue weighted by Crippen LogP contribution is -2.30. The molecule has 3 nitrogen and oxygen atoms in total. The van der Waals surface area contributed by atoms with E-state index in [1.807, 2.05) is 0 Å². The van der Waals surface area contributed by atoms with Gasteiger partial charge in [0.1, 0.15) is 17.4 Å². The SMILES string of the molecule is COc1ccc(C(NN)c2c(F)cccc2Cl)c(F)c1. The summed E-state index contributed by atoms with van der Waals surface area (Å²) in [4.78, 5) is 0. The minimum atomic E-state index is -0.894. The van der Waals surface area contributed by atoms with Gasteiger partial charge in [-0.1, -0.05) is 23.7 Å². The molecule has 0 spiro atoms. The standard InChI is InChI=1S/C14H13ClF2N2O/c1-20-8-5-6-9(12(17)7-8)14(19-18)13-10(15)3-2-4-11(13)16/h2-7,14,19H,18H2,1H3. The Morgan fingerprint density at radius 3 is 2.50 bits per heavy atom. The molecule has 0 aromatic heterocycles. The molecule has 0 aliphatic heterocycles. The molecule has 0 radical (unpaired) electrons. The largest absolute Gasteiger partial charge is 0.497 e. The van der Waals surface area contributed by atoms with Crippen molar-refractivity contribution in [2.75, 3.05) is 7.11 Å². The van der Waals surface area contributed by atoms with Crippen LogP contribution in [0.2, 0.25) is 5.02 Å². The molecule has 2 aromatic carbocycles. The Labute approximate surface area is 120 Å². The average molecular weight is 299 g/mol. The van der Waals surface area contributed by atoms with E-state index in [2.05, 4.69) is 5.43 Å². The summed E-state index contributed by atoms with van der Waals surface area (Å²) in [6.45, 7) is 0. The highest BCUT2D eigenvalue weighted by atomic mass is 35.5. The van der Waals surface area contributed by atoms with E-state index in [1.54, 1.807) is 6.07 Å². The molecule has 0 amide bonds. The van der Waals surface area contributed by atoms with Crippen LogP contribution in [0.15, 0.2) is 36.4 Å². The van der Waals surface area contributed by atoms with E-state index in [1.165, 1.54) is 37.4 Å². The normalized spacial score (nSPS) is 12.2. The van der Waals surface area contributed by atoms with Crippen molar-refractivity contribution in [1.82, 2.24) is 5.43 Å². The third-order valence-corrected chi connectivity index (χ3v) is 3.30. The number of ether oxygens (including phenoxy) is 1. The minimum Gasteiger partial charge on any atom is -0.497 e. The quantitative estimate of drug-likeness (QED) is 0.673. The molecule has 1 unspecified atom stereocenters. The summed E-state index contributed by atoms with van der Waals surface area (Å²) in [5.74, 6) is 4.68. The average Bonchev–Trinajstić information content (AvgIpc) is 2.43. The van der Waals surface area contributed by atoms with Crippen LogP contribution in [0.1, 0.15) is 17.2 Å². The number of benzene rings is 2. The monoisotopic (exact) mass is 298 g/mol. The van der Waals surface area contributed by atoms with E-state index >= 15 is 0 Å². The first-order chi connectivity index (χ1) is 9.58. The van der Waals surface area contributed by atoms with E-state index in [9.17, 15) is 8.78 Å². The molecule has 0 aliphatic rings. The Kier molecular flexibility index (Phi) is 4.54. The van der Waals surface area contributed by atoms with Gasteiger partial charge in [0.05, 0.1) is 13.2 Å². The number of hydrogen-bond acceptors (Lipinski definition) is 3. The predicted molar refractivity (Wildman–Crippen MR) is 73.5 cm³/mol. The van der Waals surface area contributed by atoms with Gasteiger partial charge in [0.15, 0.2) is 0 Å². The van der Waals surface area contributed by atoms with Gasteiger partial charge in [-0.15, -0.1) is 0 Å². The Balaban J connectivity index is 2.53. The molecular weight excluding hydrogens is 286 g/mol. The van der Waals surface area contributed by atoms with Crippen molar-refractivity contribution in [2.45, 2.75) is 6.04 Å². The van der Waals surface area contributed by atoms with Crippen LogP contribution in [0.3, 0.4) is 0 Å². The van der Waals surface area contributed by atoms with Crippen molar-refractivity contribution >= 4 is 11.6 Å². The van der Waals surface area contributed by atoms with Crippen molar-refractivity contribution in [3.05, 3.63) is 64.2 Å². The van der Waals surface area contributed by atoms with E-state index in [0.717, 1.165) is 0 Å². The highest BCUT2D eigenvalue weighted by Gasteiger charge is 2.22. The highest BCUT2D eigenvalue weighted by molar-refractivity contribution is 6.31. The van der Waals surface area contributed by atoms with E-state index < -0.39 is 17.7 Å². The van der Waals surface area contributed by atoms with Gasteiger partial charge < -0.3 is 4.74 Å². The lowest BCUT2D eigenvalue weighted by Gasteiger charge is -2.19. The molecule has 6 heteroatoms. The zero-order chi connectivity index (χ0) is 14.7. The van der Waals surface area contributed by atoms with Gasteiger partial charge in [0.2, 0.25) is 0 Å².